The van der Waals surface area contributed by atoms with E-state index in [0.717, 1.165) is 10.4 Å². The minimum Gasteiger partial charge on any atom is -0.493 e. The highest BCUT2D eigenvalue weighted by molar-refractivity contribution is 7.89. The molecule has 0 radical (unpaired) electrons. The zero-order valence-corrected chi connectivity index (χ0v) is 13.0. The summed E-state index contributed by atoms with van der Waals surface area (Å²) in [6.45, 7) is 2.43. The number of carboxylic acid groups (broad SMARTS) is 1. The quantitative estimate of drug-likeness (QED) is 0.770. The Hall–Kier alpha value is -1.64. The lowest BCUT2D eigenvalue weighted by Crippen LogP contribution is -2.30. The van der Waals surface area contributed by atoms with Crippen molar-refractivity contribution in [3.63, 3.8) is 0 Å². The summed E-state index contributed by atoms with van der Waals surface area (Å²) in [5, 5.41) is 9.15. The van der Waals surface area contributed by atoms with Crippen LogP contribution in [0.3, 0.4) is 0 Å². The maximum atomic E-state index is 12.3. The number of methoxy groups -OCH3 is 1. The van der Waals surface area contributed by atoms with Gasteiger partial charge < -0.3 is 14.6 Å². The van der Waals surface area contributed by atoms with Crippen LogP contribution in [0.15, 0.2) is 23.1 Å². The predicted octanol–water partition coefficient (Wildman–Crippen LogP) is 1.05. The first-order chi connectivity index (χ1) is 9.84. The standard InChI is InChI=1S/C13H19NO6S/c1-4-20-12-6-5-10(9-11(12)13(15)16)21(17,18)14(2)7-8-19-3/h5-6,9H,4,7-8H2,1-3H3,(H,15,16). The minimum absolute atomic E-state index is 0.0954. The van der Waals surface area contributed by atoms with Crippen LogP contribution in [0.4, 0.5) is 0 Å². The van der Waals surface area contributed by atoms with Crippen LogP contribution in [0.2, 0.25) is 0 Å². The molecule has 1 rings (SSSR count). The van der Waals surface area contributed by atoms with Gasteiger partial charge in [0.2, 0.25) is 10.0 Å². The predicted molar refractivity (Wildman–Crippen MR) is 76.3 cm³/mol. The average molecular weight is 317 g/mol. The monoisotopic (exact) mass is 317 g/mol. The highest BCUT2D eigenvalue weighted by Crippen LogP contribution is 2.24. The van der Waals surface area contributed by atoms with Crippen molar-refractivity contribution in [2.24, 2.45) is 0 Å². The Kier molecular flexibility index (Phi) is 6.13. The number of carboxylic acids is 1. The van der Waals surface area contributed by atoms with Gasteiger partial charge in [-0.25, -0.2) is 13.2 Å². The second-order valence-electron chi connectivity index (χ2n) is 4.22. The second kappa shape index (κ2) is 7.39. The summed E-state index contributed by atoms with van der Waals surface area (Å²) in [5.74, 6) is -1.10. The van der Waals surface area contributed by atoms with Gasteiger partial charge in [0.05, 0.1) is 18.1 Å². The van der Waals surface area contributed by atoms with E-state index in [1.54, 1.807) is 6.92 Å². The summed E-state index contributed by atoms with van der Waals surface area (Å²) in [6, 6.07) is 3.78. The molecular weight excluding hydrogens is 298 g/mol. The molecule has 1 aromatic carbocycles. The van der Waals surface area contributed by atoms with Crippen molar-refractivity contribution in [1.82, 2.24) is 4.31 Å². The Morgan fingerprint density at radius 2 is 2.05 bits per heavy atom. The zero-order valence-electron chi connectivity index (χ0n) is 12.2. The molecule has 21 heavy (non-hydrogen) atoms. The summed E-state index contributed by atoms with van der Waals surface area (Å²) in [4.78, 5) is 11.1. The molecule has 8 heteroatoms. The van der Waals surface area contributed by atoms with Crippen LogP contribution in [0.1, 0.15) is 17.3 Å². The minimum atomic E-state index is -3.76. The Morgan fingerprint density at radius 3 is 2.57 bits per heavy atom. The number of aromatic carboxylic acids is 1. The normalized spacial score (nSPS) is 11.6. The summed E-state index contributed by atoms with van der Waals surface area (Å²) >= 11 is 0. The number of ether oxygens (including phenoxy) is 2. The van der Waals surface area contributed by atoms with Crippen LogP contribution in [0.5, 0.6) is 5.75 Å². The van der Waals surface area contributed by atoms with Crippen LogP contribution >= 0.6 is 0 Å². The molecule has 1 aromatic rings. The van der Waals surface area contributed by atoms with E-state index in [4.69, 9.17) is 14.6 Å². The van der Waals surface area contributed by atoms with Gasteiger partial charge in [-0.15, -0.1) is 0 Å². The van der Waals surface area contributed by atoms with E-state index in [-0.39, 0.29) is 29.4 Å². The highest BCUT2D eigenvalue weighted by Gasteiger charge is 2.23. The molecule has 0 aliphatic rings. The lowest BCUT2D eigenvalue weighted by Gasteiger charge is -2.17. The van der Waals surface area contributed by atoms with E-state index < -0.39 is 16.0 Å². The first-order valence-corrected chi connectivity index (χ1v) is 7.74. The Labute approximate surface area is 124 Å². The van der Waals surface area contributed by atoms with Gasteiger partial charge in [0.25, 0.3) is 0 Å². The molecule has 0 atom stereocenters. The molecule has 0 bridgehead atoms. The van der Waals surface area contributed by atoms with Crippen molar-refractivity contribution < 1.29 is 27.8 Å². The fourth-order valence-corrected chi connectivity index (χ4v) is 2.82. The van der Waals surface area contributed by atoms with Gasteiger partial charge in [0, 0.05) is 20.7 Å². The summed E-state index contributed by atoms with van der Waals surface area (Å²) in [7, 11) is -0.884. The van der Waals surface area contributed by atoms with Gasteiger partial charge in [-0.1, -0.05) is 0 Å². The number of rotatable bonds is 8. The molecule has 0 saturated heterocycles. The third kappa shape index (κ3) is 4.16. The number of nitrogens with zero attached hydrogens (tertiary/aromatic N) is 1. The van der Waals surface area contributed by atoms with Gasteiger partial charge in [-0.2, -0.15) is 4.31 Å². The number of benzene rings is 1. The average Bonchev–Trinajstić information content (AvgIpc) is 2.44. The van der Waals surface area contributed by atoms with Crippen LogP contribution in [-0.4, -0.2) is 57.7 Å². The van der Waals surface area contributed by atoms with Crippen molar-refractivity contribution in [1.29, 1.82) is 0 Å². The fraction of sp³-hybridized carbons (Fsp3) is 0.462. The van der Waals surface area contributed by atoms with Crippen LogP contribution in [0, 0.1) is 0 Å². The molecule has 0 saturated carbocycles. The SMILES string of the molecule is CCOc1ccc(S(=O)(=O)N(C)CCOC)cc1C(=O)O. The third-order valence-electron chi connectivity index (χ3n) is 2.80. The van der Waals surface area contributed by atoms with Gasteiger partial charge in [-0.3, -0.25) is 0 Å². The van der Waals surface area contributed by atoms with E-state index in [9.17, 15) is 13.2 Å². The van der Waals surface area contributed by atoms with Crippen molar-refractivity contribution in [2.45, 2.75) is 11.8 Å². The molecule has 0 heterocycles. The molecule has 118 valence electrons. The Morgan fingerprint density at radius 1 is 1.38 bits per heavy atom. The molecule has 0 aromatic heterocycles. The molecule has 7 nitrogen and oxygen atoms in total. The number of carbonyl (C=O) groups is 1. The van der Waals surface area contributed by atoms with Gasteiger partial charge >= 0.3 is 5.97 Å². The fourth-order valence-electron chi connectivity index (χ4n) is 1.64. The van der Waals surface area contributed by atoms with E-state index in [1.165, 1.54) is 26.3 Å². The molecule has 0 aliphatic carbocycles. The number of sulfonamides is 1. The summed E-state index contributed by atoms with van der Waals surface area (Å²) < 4.78 is 35.8. The van der Waals surface area contributed by atoms with Crippen molar-refractivity contribution in [3.8, 4) is 5.75 Å². The van der Waals surface area contributed by atoms with E-state index in [2.05, 4.69) is 0 Å². The summed E-state index contributed by atoms with van der Waals surface area (Å²) in [6.07, 6.45) is 0. The molecular formula is C13H19NO6S. The van der Waals surface area contributed by atoms with Gasteiger partial charge in [-0.05, 0) is 25.1 Å². The smallest absolute Gasteiger partial charge is 0.339 e. The molecule has 0 aliphatic heterocycles. The molecule has 0 spiro atoms. The van der Waals surface area contributed by atoms with Crippen molar-refractivity contribution in [3.05, 3.63) is 23.8 Å². The number of hydrogen-bond acceptors (Lipinski definition) is 5. The number of hydrogen-bond donors (Lipinski definition) is 1. The van der Waals surface area contributed by atoms with Gasteiger partial charge in [0.1, 0.15) is 11.3 Å². The maximum Gasteiger partial charge on any atom is 0.339 e. The van der Waals surface area contributed by atoms with Crippen LogP contribution in [0.25, 0.3) is 0 Å². The van der Waals surface area contributed by atoms with Crippen molar-refractivity contribution >= 4 is 16.0 Å². The zero-order chi connectivity index (χ0) is 16.0. The van der Waals surface area contributed by atoms with E-state index >= 15 is 0 Å². The third-order valence-corrected chi connectivity index (χ3v) is 4.65. The topological polar surface area (TPSA) is 93.1 Å². The Balaban J connectivity index is 3.19. The van der Waals surface area contributed by atoms with Gasteiger partial charge in [0.15, 0.2) is 0 Å². The molecule has 0 amide bonds. The van der Waals surface area contributed by atoms with E-state index in [0.29, 0.717) is 6.61 Å². The number of likely N-dealkylation sites (N-methyl/N-ethyl adjacent to an activating group) is 1. The lowest BCUT2D eigenvalue weighted by molar-refractivity contribution is 0.0692. The largest absolute Gasteiger partial charge is 0.493 e. The first kappa shape index (κ1) is 17.4. The summed E-state index contributed by atoms with van der Waals surface area (Å²) in [5.41, 5.74) is -0.182. The maximum absolute atomic E-state index is 12.3. The van der Waals surface area contributed by atoms with E-state index in [1.807, 2.05) is 0 Å². The molecule has 0 fully saturated rings. The molecule has 1 N–H and O–H groups in total. The second-order valence-corrected chi connectivity index (χ2v) is 6.26. The lowest BCUT2D eigenvalue weighted by atomic mass is 10.2. The molecule has 0 unspecified atom stereocenters. The van der Waals surface area contributed by atoms with Crippen molar-refractivity contribution in [2.75, 3.05) is 33.9 Å². The van der Waals surface area contributed by atoms with Crippen LogP contribution in [-0.2, 0) is 14.8 Å². The highest BCUT2D eigenvalue weighted by atomic mass is 32.2. The Bertz CT molecular complexity index is 599. The van der Waals surface area contributed by atoms with Crippen LogP contribution < -0.4 is 4.74 Å². The first-order valence-electron chi connectivity index (χ1n) is 6.30.